The molecule has 0 fully saturated rings. The Kier molecular flexibility index (Phi) is 21.5. The third-order valence-electron chi connectivity index (χ3n) is 5.10. The monoisotopic (exact) mass is 408 g/mol. The largest absolute Gasteiger partial charge is 0.481 e. The zero-order chi connectivity index (χ0) is 21.4. The molecular weight excluding hydrogens is 364 g/mol. The SMILES string of the molecule is O=C(O)CCCCCCCCC=CCCCC=CCCCCCCCCC(=O)O. The maximum absolute atomic E-state index is 10.4. The third-order valence-corrected chi connectivity index (χ3v) is 5.10. The lowest BCUT2D eigenvalue weighted by molar-refractivity contribution is -0.138. The first-order valence-corrected chi connectivity index (χ1v) is 11.9. The normalized spacial score (nSPS) is 11.6. The van der Waals surface area contributed by atoms with E-state index in [4.69, 9.17) is 10.2 Å². The highest BCUT2D eigenvalue weighted by molar-refractivity contribution is 5.66. The van der Waals surface area contributed by atoms with Crippen LogP contribution in [-0.2, 0) is 9.59 Å². The van der Waals surface area contributed by atoms with Crippen LogP contribution >= 0.6 is 0 Å². The van der Waals surface area contributed by atoms with Gasteiger partial charge in [0.2, 0.25) is 0 Å². The zero-order valence-corrected chi connectivity index (χ0v) is 18.5. The molecule has 0 unspecified atom stereocenters. The number of allylic oxidation sites excluding steroid dienone is 4. The van der Waals surface area contributed by atoms with Crippen molar-refractivity contribution in [1.82, 2.24) is 0 Å². The van der Waals surface area contributed by atoms with Crippen LogP contribution in [0.2, 0.25) is 0 Å². The number of carboxylic acids is 2. The van der Waals surface area contributed by atoms with Crippen LogP contribution in [0.3, 0.4) is 0 Å². The minimum Gasteiger partial charge on any atom is -0.481 e. The summed E-state index contributed by atoms with van der Waals surface area (Å²) in [5.41, 5.74) is 0. The van der Waals surface area contributed by atoms with Crippen LogP contribution in [0, 0.1) is 0 Å². The number of hydrogen-bond donors (Lipinski definition) is 2. The predicted molar refractivity (Wildman–Crippen MR) is 121 cm³/mol. The molecule has 4 nitrogen and oxygen atoms in total. The Bertz CT molecular complexity index is 400. The van der Waals surface area contributed by atoms with Crippen LogP contribution in [0.4, 0.5) is 0 Å². The quantitative estimate of drug-likeness (QED) is 0.142. The molecule has 0 aromatic carbocycles. The van der Waals surface area contributed by atoms with Gasteiger partial charge in [0.15, 0.2) is 0 Å². The van der Waals surface area contributed by atoms with E-state index >= 15 is 0 Å². The first kappa shape index (κ1) is 27.4. The number of unbranched alkanes of at least 4 members (excludes halogenated alkanes) is 14. The Morgan fingerprint density at radius 1 is 0.414 bits per heavy atom. The van der Waals surface area contributed by atoms with E-state index in [0.29, 0.717) is 12.8 Å². The molecule has 0 aromatic rings. The lowest BCUT2D eigenvalue weighted by Gasteiger charge is -1.99. The van der Waals surface area contributed by atoms with Crippen molar-refractivity contribution in [1.29, 1.82) is 0 Å². The lowest BCUT2D eigenvalue weighted by Crippen LogP contribution is -1.93. The summed E-state index contributed by atoms with van der Waals surface area (Å²) in [6, 6.07) is 0. The fourth-order valence-corrected chi connectivity index (χ4v) is 3.32. The summed E-state index contributed by atoms with van der Waals surface area (Å²) in [7, 11) is 0. The molecule has 0 aliphatic heterocycles. The molecule has 0 rings (SSSR count). The topological polar surface area (TPSA) is 74.6 Å². The van der Waals surface area contributed by atoms with Gasteiger partial charge in [-0.1, -0.05) is 75.7 Å². The highest BCUT2D eigenvalue weighted by Crippen LogP contribution is 2.10. The minimum atomic E-state index is -0.677. The Morgan fingerprint density at radius 3 is 1.03 bits per heavy atom. The molecule has 0 aliphatic carbocycles. The van der Waals surface area contributed by atoms with Crippen molar-refractivity contribution in [2.24, 2.45) is 0 Å². The van der Waals surface area contributed by atoms with Gasteiger partial charge in [-0.05, 0) is 57.8 Å². The fourth-order valence-electron chi connectivity index (χ4n) is 3.32. The average Bonchev–Trinajstić information content (AvgIpc) is 2.68. The van der Waals surface area contributed by atoms with Crippen molar-refractivity contribution in [3.05, 3.63) is 24.3 Å². The summed E-state index contributed by atoms with van der Waals surface area (Å²) in [4.78, 5) is 20.8. The molecule has 168 valence electrons. The summed E-state index contributed by atoms with van der Waals surface area (Å²) in [5, 5.41) is 17.1. The second kappa shape index (κ2) is 22.7. The smallest absolute Gasteiger partial charge is 0.303 e. The summed E-state index contributed by atoms with van der Waals surface area (Å²) in [6.45, 7) is 0. The van der Waals surface area contributed by atoms with E-state index in [9.17, 15) is 9.59 Å². The van der Waals surface area contributed by atoms with E-state index in [2.05, 4.69) is 24.3 Å². The van der Waals surface area contributed by atoms with Crippen molar-refractivity contribution >= 4 is 11.9 Å². The number of carboxylic acid groups (broad SMARTS) is 2. The van der Waals surface area contributed by atoms with Crippen LogP contribution in [0.25, 0.3) is 0 Å². The molecule has 2 N–H and O–H groups in total. The van der Waals surface area contributed by atoms with E-state index in [-0.39, 0.29) is 0 Å². The van der Waals surface area contributed by atoms with Crippen molar-refractivity contribution in [3.8, 4) is 0 Å². The molecule has 0 atom stereocenters. The first-order chi connectivity index (χ1) is 14.1. The summed E-state index contributed by atoms with van der Waals surface area (Å²) in [5.74, 6) is -1.35. The van der Waals surface area contributed by atoms with Crippen molar-refractivity contribution in [3.63, 3.8) is 0 Å². The van der Waals surface area contributed by atoms with Gasteiger partial charge in [0.1, 0.15) is 0 Å². The van der Waals surface area contributed by atoms with Crippen molar-refractivity contribution < 1.29 is 19.8 Å². The molecule has 0 radical (unpaired) electrons. The van der Waals surface area contributed by atoms with Gasteiger partial charge in [-0.15, -0.1) is 0 Å². The minimum absolute atomic E-state index is 0.315. The molecule has 0 saturated carbocycles. The van der Waals surface area contributed by atoms with Gasteiger partial charge in [-0.25, -0.2) is 0 Å². The molecule has 0 aromatic heterocycles. The number of rotatable bonds is 22. The summed E-state index contributed by atoms with van der Waals surface area (Å²) in [6.07, 6.45) is 29.3. The first-order valence-electron chi connectivity index (χ1n) is 11.9. The Hall–Kier alpha value is -1.58. The molecule has 0 aliphatic rings. The molecular formula is C25H44O4. The predicted octanol–water partition coefficient (Wildman–Crippen LogP) is 7.68. The lowest BCUT2D eigenvalue weighted by atomic mass is 10.1. The average molecular weight is 409 g/mol. The highest BCUT2D eigenvalue weighted by atomic mass is 16.4. The molecule has 0 bridgehead atoms. The van der Waals surface area contributed by atoms with E-state index in [1.807, 2.05) is 0 Å². The summed E-state index contributed by atoms with van der Waals surface area (Å²) >= 11 is 0. The maximum atomic E-state index is 10.4. The van der Waals surface area contributed by atoms with E-state index < -0.39 is 11.9 Å². The number of hydrogen-bond acceptors (Lipinski definition) is 2. The van der Waals surface area contributed by atoms with Gasteiger partial charge in [-0.3, -0.25) is 9.59 Å². The van der Waals surface area contributed by atoms with Gasteiger partial charge in [-0.2, -0.15) is 0 Å². The molecule has 0 heterocycles. The molecule has 0 saturated heterocycles. The van der Waals surface area contributed by atoms with Crippen LogP contribution in [0.15, 0.2) is 24.3 Å². The van der Waals surface area contributed by atoms with E-state index in [1.165, 1.54) is 57.8 Å². The third kappa shape index (κ3) is 26.4. The number of aliphatic carboxylic acids is 2. The second-order valence-electron chi connectivity index (χ2n) is 7.98. The van der Waals surface area contributed by atoms with Gasteiger partial charge in [0.05, 0.1) is 0 Å². The van der Waals surface area contributed by atoms with Crippen LogP contribution < -0.4 is 0 Å². The molecule has 29 heavy (non-hydrogen) atoms. The van der Waals surface area contributed by atoms with Gasteiger partial charge in [0.25, 0.3) is 0 Å². The van der Waals surface area contributed by atoms with Gasteiger partial charge >= 0.3 is 11.9 Å². The Morgan fingerprint density at radius 2 is 0.690 bits per heavy atom. The number of carbonyl (C=O) groups is 2. The Labute approximate surface area is 178 Å². The van der Waals surface area contributed by atoms with Gasteiger partial charge in [0, 0.05) is 12.8 Å². The van der Waals surface area contributed by atoms with E-state index in [0.717, 1.165) is 51.4 Å². The maximum Gasteiger partial charge on any atom is 0.303 e. The highest BCUT2D eigenvalue weighted by Gasteiger charge is 1.97. The standard InChI is InChI=1S/C25H44O4/c26-24(27)22-20-18-16-14-12-10-8-6-4-2-1-3-5-7-9-11-13-15-17-19-21-23-25(28)29/h4-7H,1-3,8-23H2,(H,26,27)(H,28,29). The fraction of sp³-hybridized carbons (Fsp3) is 0.760. The van der Waals surface area contributed by atoms with Gasteiger partial charge < -0.3 is 10.2 Å². The van der Waals surface area contributed by atoms with Crippen LogP contribution in [0.1, 0.15) is 122 Å². The molecule has 0 amide bonds. The zero-order valence-electron chi connectivity index (χ0n) is 18.5. The van der Waals surface area contributed by atoms with Crippen LogP contribution in [0.5, 0.6) is 0 Å². The Balaban J connectivity index is 3.19. The van der Waals surface area contributed by atoms with Crippen LogP contribution in [-0.4, -0.2) is 22.2 Å². The summed E-state index contributed by atoms with van der Waals surface area (Å²) < 4.78 is 0. The van der Waals surface area contributed by atoms with E-state index in [1.54, 1.807) is 0 Å². The molecule has 0 spiro atoms. The van der Waals surface area contributed by atoms with Crippen molar-refractivity contribution in [2.45, 2.75) is 122 Å². The second-order valence-corrected chi connectivity index (χ2v) is 7.98. The molecule has 4 heteroatoms. The van der Waals surface area contributed by atoms with Crippen molar-refractivity contribution in [2.75, 3.05) is 0 Å².